The molecule has 2 heteroatoms. The third-order valence-electron chi connectivity index (χ3n) is 1.28. The summed E-state index contributed by atoms with van der Waals surface area (Å²) in [5.74, 6) is 0. The van der Waals surface area contributed by atoms with E-state index in [4.69, 9.17) is 2.97 Å². The van der Waals surface area contributed by atoms with Gasteiger partial charge in [-0.25, -0.2) is 0 Å². The van der Waals surface area contributed by atoms with E-state index < -0.39 is 0 Å². The number of rotatable bonds is 4. The molecule has 0 rings (SSSR count). The van der Waals surface area contributed by atoms with Crippen LogP contribution < -0.4 is 5.32 Å². The van der Waals surface area contributed by atoms with Crippen LogP contribution in [0.25, 0.3) is 0 Å². The van der Waals surface area contributed by atoms with Gasteiger partial charge in [0.1, 0.15) is 0 Å². The van der Waals surface area contributed by atoms with Crippen molar-refractivity contribution < 1.29 is 2.97 Å². The van der Waals surface area contributed by atoms with Crippen LogP contribution in [0.2, 0.25) is 0 Å². The molecule has 0 aromatic heterocycles. The molecule has 0 amide bonds. The molecule has 0 fully saturated rings. The zero-order valence-electron chi connectivity index (χ0n) is 8.07. The summed E-state index contributed by atoms with van der Waals surface area (Å²) in [7, 11) is 4.10. The summed E-state index contributed by atoms with van der Waals surface area (Å²) in [5, 5.41) is 3.09. The Morgan fingerprint density at radius 1 is 1.75 bits per heavy atom. The molecule has 52 valence electrons. The van der Waals surface area contributed by atoms with Crippen molar-refractivity contribution in [3.8, 4) is 0 Å². The Morgan fingerprint density at radius 2 is 2.38 bits per heavy atom. The average molecular weight is 120 g/mol. The quantitative estimate of drug-likeness (QED) is 0.578. The van der Waals surface area contributed by atoms with Crippen molar-refractivity contribution in [3.63, 3.8) is 0 Å². The first-order valence-electron chi connectivity index (χ1n) is 4.14. The van der Waals surface area contributed by atoms with Crippen molar-refractivity contribution >= 4 is 0 Å². The van der Waals surface area contributed by atoms with Crippen molar-refractivity contribution in [2.45, 2.75) is 6.92 Å². The lowest BCUT2D eigenvalue weighted by molar-refractivity contribution is 0.354. The normalized spacial score (nSPS) is 11.5. The first-order valence-corrected chi connectivity index (χ1v) is 3.14. The summed E-state index contributed by atoms with van der Waals surface area (Å²) >= 11 is 0. The first kappa shape index (κ1) is 6.05. The van der Waals surface area contributed by atoms with Gasteiger partial charge < -0.3 is 10.2 Å². The van der Waals surface area contributed by atoms with Crippen LogP contribution in [-0.4, -0.2) is 38.6 Å². The molecular weight excluding hydrogens is 100 g/mol. The molecule has 8 heavy (non-hydrogen) atoms. The van der Waals surface area contributed by atoms with Gasteiger partial charge in [0.25, 0.3) is 0 Å². The van der Waals surface area contributed by atoms with E-state index >= 15 is 0 Å². The first-order chi connectivity index (χ1) is 4.81. The predicted octanol–water partition coefficient (Wildman–Crippen LogP) is 0.404. The topological polar surface area (TPSA) is 15.3 Å². The van der Waals surface area contributed by atoms with Crippen molar-refractivity contribution in [2.75, 3.05) is 33.7 Å². The smallest absolute Gasteiger partial charge is 0.0104 e. The van der Waals surface area contributed by atoms with Crippen LogP contribution in [0.4, 0.5) is 0 Å². The highest BCUT2D eigenvalue weighted by Crippen LogP contribution is 1.75. The number of nitrogens with one attached hydrogen (secondary N) is 1. The molecule has 1 N–H and O–H groups in total. The Balaban J connectivity index is 0. The number of hydrogen-bond acceptors (Lipinski definition) is 2. The van der Waals surface area contributed by atoms with E-state index in [0.717, 1.165) is 19.6 Å². The summed E-state index contributed by atoms with van der Waals surface area (Å²) in [6.45, 7) is 5.54. The Morgan fingerprint density at radius 3 is 2.75 bits per heavy atom. The van der Waals surface area contributed by atoms with Crippen molar-refractivity contribution in [2.24, 2.45) is 0 Å². The molecule has 0 heterocycles. The summed E-state index contributed by atoms with van der Waals surface area (Å²) in [6, 6.07) is 0. The van der Waals surface area contributed by atoms with E-state index in [1.807, 2.05) is 7.05 Å². The van der Waals surface area contributed by atoms with Crippen LogP contribution in [0.15, 0.2) is 0 Å². The Labute approximate surface area is 55.0 Å². The van der Waals surface area contributed by atoms with Crippen molar-refractivity contribution in [1.29, 1.82) is 0 Å². The van der Waals surface area contributed by atoms with Gasteiger partial charge in [-0.1, -0.05) is 6.92 Å². The minimum atomic E-state index is 1.09. The molecule has 0 spiro atoms. The molecule has 0 bridgehead atoms. The Kier molecular flexibility index (Phi) is 3.83. The second kappa shape index (κ2) is 5.06. The Bertz CT molecular complexity index is 53.0. The maximum absolute atomic E-state index is 5.00. The predicted molar refractivity (Wildman–Crippen MR) is 39.2 cm³/mol. The lowest BCUT2D eigenvalue weighted by atomic mass is 10.5. The van der Waals surface area contributed by atoms with Gasteiger partial charge in [-0.2, -0.15) is 0 Å². The largest absolute Gasteiger partial charge is 0.318 e. The molecule has 0 saturated carbocycles. The minimum absolute atomic E-state index is 1.09. The van der Waals surface area contributed by atoms with Crippen LogP contribution >= 0.6 is 0 Å². The highest BCUT2D eigenvalue weighted by atomic mass is 15.1. The highest BCUT2D eigenvalue weighted by molar-refractivity contribution is 4.47. The van der Waals surface area contributed by atoms with Gasteiger partial charge in [0.15, 0.2) is 0 Å². The molecule has 0 atom stereocenters. The third kappa shape index (κ3) is 4.09. The molecule has 2 nitrogen and oxygen atoms in total. The lowest BCUT2D eigenvalue weighted by Gasteiger charge is -2.11. The van der Waals surface area contributed by atoms with Crippen LogP contribution in [0.5, 0.6) is 0 Å². The monoisotopic (exact) mass is 120 g/mol. The van der Waals surface area contributed by atoms with Gasteiger partial charge in [-0.3, -0.25) is 0 Å². The van der Waals surface area contributed by atoms with Crippen LogP contribution in [0, 0.1) is 0 Å². The second-order valence-corrected chi connectivity index (χ2v) is 2.00. The van der Waals surface area contributed by atoms with Gasteiger partial charge in [0.05, 0.1) is 0 Å². The minimum Gasteiger partial charge on any atom is -0.318 e. The van der Waals surface area contributed by atoms with Crippen molar-refractivity contribution in [3.05, 3.63) is 0 Å². The van der Waals surface area contributed by atoms with Crippen LogP contribution in [0.1, 0.15) is 9.89 Å². The average Bonchev–Trinajstić information content (AvgIpc) is 2.04. The number of likely N-dealkylation sites (N-methyl/N-ethyl adjacent to an activating group) is 2. The van der Waals surface area contributed by atoms with E-state index in [1.54, 1.807) is 0 Å². The summed E-state index contributed by atoms with van der Waals surface area (Å²) in [4.78, 5) is 2.27. The Hall–Kier alpha value is -0.0800. The highest BCUT2D eigenvalue weighted by Gasteiger charge is 1.88. The molecule has 0 aromatic carbocycles. The molecule has 0 aliphatic rings. The van der Waals surface area contributed by atoms with Crippen LogP contribution in [0.3, 0.4) is 0 Å². The maximum Gasteiger partial charge on any atom is 0.0104 e. The summed E-state index contributed by atoms with van der Waals surface area (Å²) in [6.07, 6.45) is 0. The van der Waals surface area contributed by atoms with Gasteiger partial charge in [0.2, 0.25) is 0 Å². The van der Waals surface area contributed by atoms with Crippen LogP contribution in [-0.2, 0) is 0 Å². The summed E-state index contributed by atoms with van der Waals surface area (Å²) < 4.78 is 10.0. The van der Waals surface area contributed by atoms with Gasteiger partial charge in [-0.15, -0.1) is 0 Å². The van der Waals surface area contributed by atoms with Gasteiger partial charge in [0, 0.05) is 16.1 Å². The molecular formula is C6H18N2. The van der Waals surface area contributed by atoms with E-state index in [1.165, 1.54) is 0 Å². The van der Waals surface area contributed by atoms with Gasteiger partial charge in [-0.05, 0) is 20.6 Å². The van der Waals surface area contributed by atoms with Crippen molar-refractivity contribution in [1.82, 2.24) is 10.2 Å². The fourth-order valence-corrected chi connectivity index (χ4v) is 0.461. The molecule has 0 aliphatic carbocycles. The molecule has 0 aliphatic heterocycles. The number of nitrogens with zero attached hydrogens (tertiary/aromatic N) is 1. The maximum atomic E-state index is 5.00. The molecule has 0 unspecified atom stereocenters. The molecule has 0 aromatic rings. The van der Waals surface area contributed by atoms with Gasteiger partial charge >= 0.3 is 0 Å². The third-order valence-corrected chi connectivity index (χ3v) is 1.28. The molecule has 0 saturated heterocycles. The lowest BCUT2D eigenvalue weighted by Crippen LogP contribution is -2.26. The zero-order chi connectivity index (χ0) is 8.41. The fourth-order valence-electron chi connectivity index (χ4n) is 0.461. The number of hydrogen-bond donors (Lipinski definition) is 1. The van der Waals surface area contributed by atoms with E-state index in [-0.39, 0.29) is 0 Å². The standard InChI is InChI=1S/C6H16N2.H2/c1-4-8(3)6-5-7-2;/h7H,4-6H2,1-3H3;1H/i;1+1D. The SMILES string of the molecule is CCN(C)CCNC.[2H][2H]. The molecule has 0 radical (unpaired) electrons. The second-order valence-electron chi connectivity index (χ2n) is 2.00. The van der Waals surface area contributed by atoms with E-state index in [9.17, 15) is 0 Å². The zero-order valence-corrected chi connectivity index (χ0v) is 6.07. The van der Waals surface area contributed by atoms with E-state index in [2.05, 4.69) is 24.2 Å². The summed E-state index contributed by atoms with van der Waals surface area (Å²) in [5.41, 5.74) is 0. The fraction of sp³-hybridized carbons (Fsp3) is 1.00. The van der Waals surface area contributed by atoms with E-state index in [0.29, 0.717) is 0 Å².